The Kier molecular flexibility index (Phi) is 3.53. The average Bonchev–Trinajstić information content (AvgIpc) is 2.78. The second-order valence-corrected chi connectivity index (χ2v) is 5.57. The van der Waals surface area contributed by atoms with Crippen LogP contribution < -0.4 is 0 Å². The van der Waals surface area contributed by atoms with E-state index in [-0.39, 0.29) is 0 Å². The van der Waals surface area contributed by atoms with Gasteiger partial charge in [-0.15, -0.1) is 10.2 Å². The van der Waals surface area contributed by atoms with E-state index in [4.69, 9.17) is 0 Å². The van der Waals surface area contributed by atoms with Crippen LogP contribution in [0.25, 0.3) is 0 Å². The van der Waals surface area contributed by atoms with E-state index in [1.165, 1.54) is 0 Å². The number of rotatable bonds is 4. The number of nitrogens with zero attached hydrogens (tertiary/aromatic N) is 2. The largest absolute Gasteiger partial charge is 0.299 e. The van der Waals surface area contributed by atoms with Crippen molar-refractivity contribution in [1.29, 1.82) is 0 Å². The van der Waals surface area contributed by atoms with E-state index in [0.717, 1.165) is 35.8 Å². The van der Waals surface area contributed by atoms with Crippen LogP contribution in [0.1, 0.15) is 25.7 Å². The smallest absolute Gasteiger partial charge is 0.174 e. The summed E-state index contributed by atoms with van der Waals surface area (Å²) < 4.78 is 1.01. The fraction of sp³-hybridized carbons (Fsp3) is 0.667. The molecule has 1 aromatic heterocycles. The van der Waals surface area contributed by atoms with E-state index < -0.39 is 0 Å². The predicted molar refractivity (Wildman–Crippen MR) is 57.6 cm³/mol. The first-order chi connectivity index (χ1) is 6.86. The van der Waals surface area contributed by atoms with Gasteiger partial charge < -0.3 is 0 Å². The summed E-state index contributed by atoms with van der Waals surface area (Å²) in [6.07, 6.45) is 3.99. The first kappa shape index (κ1) is 10.1. The van der Waals surface area contributed by atoms with E-state index in [9.17, 15) is 4.79 Å². The quantitative estimate of drug-likeness (QED) is 0.742. The van der Waals surface area contributed by atoms with E-state index in [1.54, 1.807) is 28.6 Å². The molecule has 0 N–H and O–H groups in total. The molecule has 0 radical (unpaired) electrons. The van der Waals surface area contributed by atoms with Crippen molar-refractivity contribution in [3.8, 4) is 0 Å². The molecule has 0 spiro atoms. The third-order valence-corrected chi connectivity index (χ3v) is 4.36. The van der Waals surface area contributed by atoms with Gasteiger partial charge in [0, 0.05) is 18.1 Å². The highest BCUT2D eigenvalue weighted by Gasteiger charge is 2.23. The van der Waals surface area contributed by atoms with Crippen LogP contribution >= 0.6 is 23.1 Å². The number of ketones is 1. The van der Waals surface area contributed by atoms with Gasteiger partial charge in [0.2, 0.25) is 0 Å². The van der Waals surface area contributed by atoms with Crippen molar-refractivity contribution in [2.45, 2.75) is 30.0 Å². The van der Waals surface area contributed by atoms with Gasteiger partial charge in [0.15, 0.2) is 4.34 Å². The van der Waals surface area contributed by atoms with Crippen LogP contribution in [-0.4, -0.2) is 21.7 Å². The van der Waals surface area contributed by atoms with Crippen LogP contribution in [0.3, 0.4) is 0 Å². The second-order valence-electron chi connectivity index (χ2n) is 3.40. The predicted octanol–water partition coefficient (Wildman–Crippen LogP) is 2.39. The third-order valence-electron chi connectivity index (χ3n) is 2.46. The minimum absolute atomic E-state index is 0.329. The number of aromatic nitrogens is 2. The maximum absolute atomic E-state index is 11.3. The Labute approximate surface area is 91.3 Å². The monoisotopic (exact) mass is 228 g/mol. The molecule has 1 aliphatic rings. The molecule has 3 nitrogen and oxygen atoms in total. The topological polar surface area (TPSA) is 42.9 Å². The standard InChI is InChI=1S/C9H12N2OS2/c12-8-3-1-2-7(8)4-5-13-9-11-10-6-14-9/h6-7H,1-5H2. The summed E-state index contributed by atoms with van der Waals surface area (Å²) in [6.45, 7) is 0. The van der Waals surface area contributed by atoms with E-state index in [2.05, 4.69) is 10.2 Å². The number of carbonyl (C=O) groups is 1. The van der Waals surface area contributed by atoms with Crippen molar-refractivity contribution < 1.29 is 4.79 Å². The minimum Gasteiger partial charge on any atom is -0.299 e. The van der Waals surface area contributed by atoms with Gasteiger partial charge >= 0.3 is 0 Å². The number of thioether (sulfide) groups is 1. The highest BCUT2D eigenvalue weighted by Crippen LogP contribution is 2.28. The molecule has 0 aromatic carbocycles. The molecule has 0 amide bonds. The summed E-state index contributed by atoms with van der Waals surface area (Å²) in [5.41, 5.74) is 1.74. The van der Waals surface area contributed by atoms with Crippen molar-refractivity contribution in [2.75, 3.05) is 5.75 Å². The summed E-state index contributed by atoms with van der Waals surface area (Å²) >= 11 is 3.27. The minimum atomic E-state index is 0.329. The first-order valence-corrected chi connectivity index (χ1v) is 6.64. The van der Waals surface area contributed by atoms with Gasteiger partial charge in [0.05, 0.1) is 0 Å². The molecule has 5 heteroatoms. The lowest BCUT2D eigenvalue weighted by Crippen LogP contribution is -2.06. The first-order valence-electron chi connectivity index (χ1n) is 4.78. The Hall–Kier alpha value is -0.420. The fourth-order valence-electron chi connectivity index (χ4n) is 1.71. The lowest BCUT2D eigenvalue weighted by atomic mass is 10.1. The SMILES string of the molecule is O=C1CCCC1CCSc1nncs1. The molecule has 1 fully saturated rings. The Morgan fingerprint density at radius 3 is 3.21 bits per heavy atom. The molecule has 2 rings (SSSR count). The highest BCUT2D eigenvalue weighted by atomic mass is 32.2. The zero-order valence-corrected chi connectivity index (χ0v) is 9.44. The number of hydrogen-bond donors (Lipinski definition) is 0. The fourth-order valence-corrected chi connectivity index (χ4v) is 3.32. The van der Waals surface area contributed by atoms with Crippen molar-refractivity contribution in [3.05, 3.63) is 5.51 Å². The molecule has 1 atom stereocenters. The van der Waals surface area contributed by atoms with Crippen LogP contribution in [0.4, 0.5) is 0 Å². The number of Topliss-reactive ketones (excluding diaryl/α,β-unsaturated/α-hetero) is 1. The lowest BCUT2D eigenvalue weighted by molar-refractivity contribution is -0.120. The molecule has 0 saturated heterocycles. The maximum atomic E-state index is 11.3. The van der Waals surface area contributed by atoms with E-state index >= 15 is 0 Å². The van der Waals surface area contributed by atoms with E-state index in [1.807, 2.05) is 0 Å². The lowest BCUT2D eigenvalue weighted by Gasteiger charge is -2.04. The van der Waals surface area contributed by atoms with Gasteiger partial charge in [-0.05, 0) is 19.3 Å². The van der Waals surface area contributed by atoms with Crippen LogP contribution in [0.2, 0.25) is 0 Å². The van der Waals surface area contributed by atoms with E-state index in [0.29, 0.717) is 11.7 Å². The van der Waals surface area contributed by atoms with Gasteiger partial charge in [0.1, 0.15) is 11.3 Å². The summed E-state index contributed by atoms with van der Waals surface area (Å²) in [6, 6.07) is 0. The zero-order chi connectivity index (χ0) is 9.80. The molecular weight excluding hydrogens is 216 g/mol. The van der Waals surface area contributed by atoms with Gasteiger partial charge in [-0.1, -0.05) is 23.1 Å². The molecule has 0 aliphatic heterocycles. The molecule has 1 unspecified atom stereocenters. The molecule has 0 bridgehead atoms. The van der Waals surface area contributed by atoms with Crippen LogP contribution in [-0.2, 0) is 4.79 Å². The summed E-state index contributed by atoms with van der Waals surface area (Å²) in [5.74, 6) is 1.78. The molecule has 1 aliphatic carbocycles. The molecule has 1 heterocycles. The highest BCUT2D eigenvalue weighted by molar-refractivity contribution is 8.00. The second kappa shape index (κ2) is 4.89. The third kappa shape index (κ3) is 2.54. The summed E-state index contributed by atoms with van der Waals surface area (Å²) in [7, 11) is 0. The summed E-state index contributed by atoms with van der Waals surface area (Å²) in [4.78, 5) is 11.3. The van der Waals surface area contributed by atoms with Crippen molar-refractivity contribution in [2.24, 2.45) is 5.92 Å². The number of hydrogen-bond acceptors (Lipinski definition) is 5. The van der Waals surface area contributed by atoms with Crippen molar-refractivity contribution in [3.63, 3.8) is 0 Å². The molecular formula is C9H12N2OS2. The van der Waals surface area contributed by atoms with Crippen LogP contribution in [0, 0.1) is 5.92 Å². The van der Waals surface area contributed by atoms with Gasteiger partial charge in [-0.2, -0.15) is 0 Å². The molecule has 1 saturated carbocycles. The Morgan fingerprint density at radius 2 is 2.57 bits per heavy atom. The Balaban J connectivity index is 1.70. The maximum Gasteiger partial charge on any atom is 0.174 e. The zero-order valence-electron chi connectivity index (χ0n) is 7.81. The number of carbonyl (C=O) groups excluding carboxylic acids is 1. The van der Waals surface area contributed by atoms with Crippen LogP contribution in [0.5, 0.6) is 0 Å². The van der Waals surface area contributed by atoms with Crippen LogP contribution in [0.15, 0.2) is 9.85 Å². The van der Waals surface area contributed by atoms with Gasteiger partial charge in [-0.25, -0.2) is 0 Å². The summed E-state index contributed by atoms with van der Waals surface area (Å²) in [5, 5.41) is 7.71. The normalized spacial score (nSPS) is 21.7. The van der Waals surface area contributed by atoms with Gasteiger partial charge in [0.25, 0.3) is 0 Å². The molecule has 76 valence electrons. The van der Waals surface area contributed by atoms with Crippen molar-refractivity contribution >= 4 is 28.9 Å². The van der Waals surface area contributed by atoms with Gasteiger partial charge in [-0.3, -0.25) is 4.79 Å². The van der Waals surface area contributed by atoms with Crippen molar-refractivity contribution in [1.82, 2.24) is 10.2 Å². The molecule has 14 heavy (non-hydrogen) atoms. The Morgan fingerprint density at radius 1 is 1.64 bits per heavy atom. The Bertz CT molecular complexity index is 300. The average molecular weight is 228 g/mol. The molecule has 1 aromatic rings.